The molecule has 0 aromatic carbocycles. The number of hydrogen-bond acceptors (Lipinski definition) is 5. The second kappa shape index (κ2) is 7.39. The van der Waals surface area contributed by atoms with Gasteiger partial charge >= 0.3 is 0 Å². The minimum absolute atomic E-state index is 0.319. The van der Waals surface area contributed by atoms with Crippen LogP contribution >= 0.6 is 0 Å². The summed E-state index contributed by atoms with van der Waals surface area (Å²) in [6.45, 7) is 2.99. The fourth-order valence-electron chi connectivity index (χ4n) is 3.50. The molecule has 0 aliphatic carbocycles. The summed E-state index contributed by atoms with van der Waals surface area (Å²) in [6.07, 6.45) is 10.5. The van der Waals surface area contributed by atoms with Crippen LogP contribution in [0.3, 0.4) is 0 Å². The van der Waals surface area contributed by atoms with Crippen molar-refractivity contribution in [2.24, 2.45) is 14.1 Å². The third-order valence-corrected chi connectivity index (χ3v) is 4.92. The normalized spacial score (nSPS) is 17.4. The molecule has 3 aromatic heterocycles. The Labute approximate surface area is 153 Å². The maximum Gasteiger partial charge on any atom is 0.0949 e. The van der Waals surface area contributed by atoms with Gasteiger partial charge in [-0.05, 0) is 17.7 Å². The molecule has 0 saturated heterocycles. The van der Waals surface area contributed by atoms with Crippen molar-refractivity contribution >= 4 is 0 Å². The fraction of sp³-hybridized carbons (Fsp3) is 0.421. The first-order valence-corrected chi connectivity index (χ1v) is 8.86. The zero-order chi connectivity index (χ0) is 17.9. The Balaban J connectivity index is 1.46. The first-order valence-electron chi connectivity index (χ1n) is 8.86. The second-order valence-electron chi connectivity index (χ2n) is 6.90. The fourth-order valence-corrected chi connectivity index (χ4v) is 3.50. The van der Waals surface area contributed by atoms with Crippen LogP contribution in [0.2, 0.25) is 0 Å². The van der Waals surface area contributed by atoms with Gasteiger partial charge in [-0.1, -0.05) is 0 Å². The standard InChI is InChI=1S/C19H24N6O/c1-23-14-21-18-11-25(10-16-8-22-24(2)9-16)17(7-19(18)23)13-26-12-15-3-5-20-6-4-15/h3-6,8-9,14,17H,7,10-13H2,1-2H3/t17-/m0/s1. The Bertz CT molecular complexity index is 856. The van der Waals surface area contributed by atoms with Crippen molar-refractivity contribution < 1.29 is 4.74 Å². The van der Waals surface area contributed by atoms with Crippen LogP contribution in [0.15, 0.2) is 43.2 Å². The minimum atomic E-state index is 0.319. The molecule has 0 saturated carbocycles. The molecule has 3 aromatic rings. The van der Waals surface area contributed by atoms with Crippen LogP contribution in [-0.2, 0) is 44.9 Å². The molecule has 4 heterocycles. The molecule has 0 fully saturated rings. The van der Waals surface area contributed by atoms with Crippen molar-refractivity contribution in [1.29, 1.82) is 0 Å². The van der Waals surface area contributed by atoms with Gasteiger partial charge in [0, 0.05) is 69.5 Å². The topological polar surface area (TPSA) is 61.0 Å². The van der Waals surface area contributed by atoms with E-state index in [1.54, 1.807) is 12.4 Å². The first kappa shape index (κ1) is 16.9. The quantitative estimate of drug-likeness (QED) is 0.676. The van der Waals surface area contributed by atoms with E-state index in [-0.39, 0.29) is 0 Å². The average molecular weight is 352 g/mol. The van der Waals surface area contributed by atoms with E-state index in [0.29, 0.717) is 19.3 Å². The van der Waals surface area contributed by atoms with Gasteiger partial charge < -0.3 is 9.30 Å². The lowest BCUT2D eigenvalue weighted by atomic mass is 10.0. The molecule has 0 N–H and O–H groups in total. The zero-order valence-electron chi connectivity index (χ0n) is 15.2. The van der Waals surface area contributed by atoms with Crippen molar-refractivity contribution in [3.8, 4) is 0 Å². The number of ether oxygens (including phenoxy) is 1. The number of nitrogens with zero attached hydrogens (tertiary/aromatic N) is 6. The summed E-state index contributed by atoms with van der Waals surface area (Å²) in [6, 6.07) is 4.31. The van der Waals surface area contributed by atoms with Gasteiger partial charge in [-0.25, -0.2) is 4.98 Å². The van der Waals surface area contributed by atoms with E-state index in [2.05, 4.69) is 37.8 Å². The van der Waals surface area contributed by atoms with Crippen LogP contribution in [0, 0.1) is 0 Å². The lowest BCUT2D eigenvalue weighted by molar-refractivity contribution is 0.0360. The molecule has 4 rings (SSSR count). The van der Waals surface area contributed by atoms with E-state index >= 15 is 0 Å². The molecule has 0 amide bonds. The highest BCUT2D eigenvalue weighted by Gasteiger charge is 2.29. The third kappa shape index (κ3) is 3.68. The molecule has 1 aliphatic heterocycles. The SMILES string of the molecule is Cn1cc(CN2Cc3ncn(C)c3C[C@H]2COCc2ccncc2)cn1. The summed E-state index contributed by atoms with van der Waals surface area (Å²) in [5.41, 5.74) is 4.84. The summed E-state index contributed by atoms with van der Waals surface area (Å²) < 4.78 is 10.0. The van der Waals surface area contributed by atoms with Crippen LogP contribution in [0.25, 0.3) is 0 Å². The summed E-state index contributed by atoms with van der Waals surface area (Å²) in [5, 5.41) is 4.29. The van der Waals surface area contributed by atoms with Crippen LogP contribution in [0.1, 0.15) is 22.5 Å². The number of pyridine rings is 1. The number of hydrogen-bond donors (Lipinski definition) is 0. The molecule has 1 atom stereocenters. The number of rotatable bonds is 6. The van der Waals surface area contributed by atoms with Gasteiger partial charge in [-0.2, -0.15) is 5.10 Å². The van der Waals surface area contributed by atoms with E-state index in [0.717, 1.165) is 25.1 Å². The lowest BCUT2D eigenvalue weighted by Crippen LogP contribution is -2.43. The van der Waals surface area contributed by atoms with Crippen LogP contribution in [0.4, 0.5) is 0 Å². The Hall–Kier alpha value is -2.51. The Morgan fingerprint density at radius 1 is 1.19 bits per heavy atom. The molecular formula is C19H24N6O. The Morgan fingerprint density at radius 3 is 2.81 bits per heavy atom. The highest BCUT2D eigenvalue weighted by atomic mass is 16.5. The number of aryl methyl sites for hydroxylation is 2. The summed E-state index contributed by atoms with van der Waals surface area (Å²) >= 11 is 0. The van der Waals surface area contributed by atoms with Gasteiger partial charge in [0.1, 0.15) is 0 Å². The molecule has 0 spiro atoms. The van der Waals surface area contributed by atoms with Gasteiger partial charge in [0.05, 0.1) is 31.4 Å². The smallest absolute Gasteiger partial charge is 0.0949 e. The van der Waals surface area contributed by atoms with Crippen molar-refractivity contribution in [3.05, 3.63) is 65.8 Å². The van der Waals surface area contributed by atoms with Gasteiger partial charge in [0.2, 0.25) is 0 Å². The van der Waals surface area contributed by atoms with Crippen LogP contribution in [-0.4, -0.2) is 41.9 Å². The van der Waals surface area contributed by atoms with Gasteiger partial charge in [-0.15, -0.1) is 0 Å². The molecule has 7 heteroatoms. The molecule has 0 unspecified atom stereocenters. The average Bonchev–Trinajstić information content (AvgIpc) is 3.22. The van der Waals surface area contributed by atoms with Gasteiger partial charge in [-0.3, -0.25) is 14.6 Å². The molecule has 1 aliphatic rings. The number of imidazole rings is 1. The van der Waals surface area contributed by atoms with Crippen molar-refractivity contribution in [2.75, 3.05) is 6.61 Å². The monoisotopic (exact) mass is 352 g/mol. The molecular weight excluding hydrogens is 328 g/mol. The lowest BCUT2D eigenvalue weighted by Gasteiger charge is -2.35. The van der Waals surface area contributed by atoms with E-state index in [9.17, 15) is 0 Å². The zero-order valence-corrected chi connectivity index (χ0v) is 15.2. The third-order valence-electron chi connectivity index (χ3n) is 4.92. The summed E-state index contributed by atoms with van der Waals surface area (Å²) in [4.78, 5) is 11.1. The molecule has 26 heavy (non-hydrogen) atoms. The Morgan fingerprint density at radius 2 is 2.04 bits per heavy atom. The first-order chi connectivity index (χ1) is 12.7. The van der Waals surface area contributed by atoms with E-state index in [4.69, 9.17) is 4.74 Å². The van der Waals surface area contributed by atoms with Crippen LogP contribution < -0.4 is 0 Å². The molecule has 136 valence electrons. The maximum atomic E-state index is 6.04. The van der Waals surface area contributed by atoms with E-state index in [1.807, 2.05) is 36.4 Å². The van der Waals surface area contributed by atoms with Gasteiger partial charge in [0.15, 0.2) is 0 Å². The maximum absolute atomic E-state index is 6.04. The van der Waals surface area contributed by atoms with Crippen molar-refractivity contribution in [1.82, 2.24) is 29.2 Å². The van der Waals surface area contributed by atoms with E-state index in [1.165, 1.54) is 17.0 Å². The number of fused-ring (bicyclic) bond motifs is 1. The highest BCUT2D eigenvalue weighted by Crippen LogP contribution is 2.24. The number of aromatic nitrogens is 5. The predicted molar refractivity (Wildman–Crippen MR) is 97.0 cm³/mol. The second-order valence-corrected chi connectivity index (χ2v) is 6.90. The van der Waals surface area contributed by atoms with Gasteiger partial charge in [0.25, 0.3) is 0 Å². The summed E-state index contributed by atoms with van der Waals surface area (Å²) in [7, 11) is 4.02. The Kier molecular flexibility index (Phi) is 4.81. The summed E-state index contributed by atoms with van der Waals surface area (Å²) in [5.74, 6) is 0. The minimum Gasteiger partial charge on any atom is -0.375 e. The molecule has 0 radical (unpaired) electrons. The molecule has 7 nitrogen and oxygen atoms in total. The van der Waals surface area contributed by atoms with E-state index < -0.39 is 0 Å². The van der Waals surface area contributed by atoms with Crippen molar-refractivity contribution in [3.63, 3.8) is 0 Å². The predicted octanol–water partition coefficient (Wildman–Crippen LogP) is 1.69. The largest absolute Gasteiger partial charge is 0.375 e. The molecule has 0 bridgehead atoms. The van der Waals surface area contributed by atoms with Crippen molar-refractivity contribution in [2.45, 2.75) is 32.2 Å². The highest BCUT2D eigenvalue weighted by molar-refractivity contribution is 5.19. The van der Waals surface area contributed by atoms with Crippen LogP contribution in [0.5, 0.6) is 0 Å².